The van der Waals surface area contributed by atoms with Gasteiger partial charge in [0.25, 0.3) is 5.91 Å². The highest BCUT2D eigenvalue weighted by Crippen LogP contribution is 2.33. The number of hydrogen-bond acceptors (Lipinski definition) is 1. The lowest BCUT2D eigenvalue weighted by Gasteiger charge is -2.25. The Balaban J connectivity index is 1.66. The molecular weight excluding hydrogens is 282 g/mol. The van der Waals surface area contributed by atoms with Crippen LogP contribution in [0.25, 0.3) is 10.8 Å². The smallest absolute Gasteiger partial charge is 0.254 e. The number of benzene rings is 3. The molecule has 0 N–H and O–H groups in total. The van der Waals surface area contributed by atoms with Crippen molar-refractivity contribution >= 4 is 16.7 Å². The van der Waals surface area contributed by atoms with E-state index < -0.39 is 0 Å². The number of hydrogen-bond donors (Lipinski definition) is 0. The van der Waals surface area contributed by atoms with Gasteiger partial charge in [0.05, 0.1) is 6.04 Å². The van der Waals surface area contributed by atoms with Crippen molar-refractivity contribution in [1.29, 1.82) is 0 Å². The van der Waals surface area contributed by atoms with Gasteiger partial charge in [-0.05, 0) is 41.3 Å². The summed E-state index contributed by atoms with van der Waals surface area (Å²) in [6, 6.07) is 24.7. The second kappa shape index (κ2) is 5.88. The van der Waals surface area contributed by atoms with Gasteiger partial charge in [-0.1, -0.05) is 60.7 Å². The summed E-state index contributed by atoms with van der Waals surface area (Å²) in [5.74, 6) is 0.141. The molecule has 1 amide bonds. The van der Waals surface area contributed by atoms with E-state index in [0.29, 0.717) is 0 Å². The van der Waals surface area contributed by atoms with Gasteiger partial charge in [-0.15, -0.1) is 0 Å². The van der Waals surface area contributed by atoms with Crippen LogP contribution in [0.2, 0.25) is 0 Å². The van der Waals surface area contributed by atoms with Gasteiger partial charge in [0.1, 0.15) is 0 Å². The topological polar surface area (TPSA) is 20.3 Å². The standard InChI is InChI=1S/C21H19NO/c23-21(19-13-12-16-7-4-5-10-18(16)15-19)22-14-6-11-20(22)17-8-2-1-3-9-17/h1-5,7-10,12-13,15,20H,6,11,14H2/t20-/m0/s1. The number of carbonyl (C=O) groups is 1. The molecule has 0 bridgehead atoms. The predicted octanol–water partition coefficient (Wildman–Crippen LogP) is 4.82. The molecule has 2 nitrogen and oxygen atoms in total. The lowest BCUT2D eigenvalue weighted by Crippen LogP contribution is -2.30. The van der Waals surface area contributed by atoms with E-state index in [9.17, 15) is 4.79 Å². The molecule has 0 aromatic heterocycles. The third-order valence-electron chi connectivity index (χ3n) is 4.69. The molecular formula is C21H19NO. The zero-order valence-electron chi connectivity index (χ0n) is 13.0. The molecule has 3 aromatic rings. The minimum Gasteiger partial charge on any atom is -0.332 e. The van der Waals surface area contributed by atoms with Crippen molar-refractivity contribution in [2.24, 2.45) is 0 Å². The monoisotopic (exact) mass is 301 g/mol. The van der Waals surface area contributed by atoms with Gasteiger partial charge >= 0.3 is 0 Å². The summed E-state index contributed by atoms with van der Waals surface area (Å²) in [7, 11) is 0. The van der Waals surface area contributed by atoms with Crippen LogP contribution in [0.5, 0.6) is 0 Å². The molecule has 0 radical (unpaired) electrons. The molecule has 0 unspecified atom stereocenters. The van der Waals surface area contributed by atoms with Crippen molar-refractivity contribution in [2.75, 3.05) is 6.54 Å². The SMILES string of the molecule is O=C(c1ccc2ccccc2c1)N1CCC[C@H]1c1ccccc1. The van der Waals surface area contributed by atoms with Crippen LogP contribution in [0.15, 0.2) is 72.8 Å². The summed E-state index contributed by atoms with van der Waals surface area (Å²) in [5, 5.41) is 2.29. The fourth-order valence-electron chi connectivity index (χ4n) is 3.52. The van der Waals surface area contributed by atoms with E-state index in [4.69, 9.17) is 0 Å². The first kappa shape index (κ1) is 14.0. The molecule has 23 heavy (non-hydrogen) atoms. The second-order valence-electron chi connectivity index (χ2n) is 6.13. The van der Waals surface area contributed by atoms with Gasteiger partial charge < -0.3 is 4.90 Å². The molecule has 0 saturated carbocycles. The van der Waals surface area contributed by atoms with Gasteiger partial charge in [0.2, 0.25) is 0 Å². The Bertz CT molecular complexity index is 841. The molecule has 0 spiro atoms. The molecule has 114 valence electrons. The van der Waals surface area contributed by atoms with Gasteiger partial charge in [-0.3, -0.25) is 4.79 Å². The number of amides is 1. The third kappa shape index (κ3) is 2.61. The van der Waals surface area contributed by atoms with Crippen LogP contribution in [0.1, 0.15) is 34.8 Å². The van der Waals surface area contributed by atoms with Crippen LogP contribution in [0, 0.1) is 0 Å². The molecule has 2 heteroatoms. The third-order valence-corrected chi connectivity index (χ3v) is 4.69. The summed E-state index contributed by atoms with van der Waals surface area (Å²) in [6.45, 7) is 0.839. The van der Waals surface area contributed by atoms with Crippen molar-refractivity contribution in [2.45, 2.75) is 18.9 Å². The van der Waals surface area contributed by atoms with E-state index in [-0.39, 0.29) is 11.9 Å². The van der Waals surface area contributed by atoms with E-state index in [1.165, 1.54) is 10.9 Å². The number of carbonyl (C=O) groups excluding carboxylic acids is 1. The molecule has 3 aromatic carbocycles. The van der Waals surface area contributed by atoms with Crippen molar-refractivity contribution in [3.8, 4) is 0 Å². The van der Waals surface area contributed by atoms with Crippen LogP contribution < -0.4 is 0 Å². The van der Waals surface area contributed by atoms with E-state index in [1.54, 1.807) is 0 Å². The largest absolute Gasteiger partial charge is 0.332 e. The molecule has 1 atom stereocenters. The Labute approximate surface area is 136 Å². The summed E-state index contributed by atoms with van der Waals surface area (Å²) < 4.78 is 0. The summed E-state index contributed by atoms with van der Waals surface area (Å²) in [5.41, 5.74) is 2.02. The summed E-state index contributed by atoms with van der Waals surface area (Å²) in [6.07, 6.45) is 2.11. The minimum atomic E-state index is 0.141. The summed E-state index contributed by atoms with van der Waals surface area (Å²) >= 11 is 0. The number of rotatable bonds is 2. The van der Waals surface area contributed by atoms with Crippen LogP contribution in [-0.2, 0) is 0 Å². The van der Waals surface area contributed by atoms with Crippen molar-refractivity contribution in [1.82, 2.24) is 4.90 Å². The Kier molecular flexibility index (Phi) is 3.58. The number of likely N-dealkylation sites (tertiary alicyclic amines) is 1. The lowest BCUT2D eigenvalue weighted by molar-refractivity contribution is 0.0736. The Hall–Kier alpha value is -2.61. The van der Waals surface area contributed by atoms with Crippen molar-refractivity contribution in [3.05, 3.63) is 83.9 Å². The van der Waals surface area contributed by atoms with Crippen LogP contribution in [0.3, 0.4) is 0 Å². The van der Waals surface area contributed by atoms with Crippen molar-refractivity contribution < 1.29 is 4.79 Å². The van der Waals surface area contributed by atoms with Crippen LogP contribution in [0.4, 0.5) is 0 Å². The normalized spacial score (nSPS) is 17.6. The first-order valence-corrected chi connectivity index (χ1v) is 8.18. The fraction of sp³-hybridized carbons (Fsp3) is 0.190. The summed E-state index contributed by atoms with van der Waals surface area (Å²) in [4.78, 5) is 15.0. The predicted molar refractivity (Wildman–Crippen MR) is 93.4 cm³/mol. The van der Waals surface area contributed by atoms with Crippen LogP contribution >= 0.6 is 0 Å². The first-order chi connectivity index (χ1) is 11.3. The number of fused-ring (bicyclic) bond motifs is 1. The fourth-order valence-corrected chi connectivity index (χ4v) is 3.52. The van der Waals surface area contributed by atoms with Gasteiger partial charge in [0, 0.05) is 12.1 Å². The first-order valence-electron chi connectivity index (χ1n) is 8.18. The van der Waals surface area contributed by atoms with Gasteiger partial charge in [-0.25, -0.2) is 0 Å². The average Bonchev–Trinajstić information content (AvgIpc) is 3.11. The lowest BCUT2D eigenvalue weighted by atomic mass is 10.0. The molecule has 1 fully saturated rings. The zero-order chi connectivity index (χ0) is 15.6. The maximum atomic E-state index is 13.0. The highest BCUT2D eigenvalue weighted by atomic mass is 16.2. The Morgan fingerprint density at radius 3 is 2.43 bits per heavy atom. The molecule has 1 aliphatic rings. The zero-order valence-corrected chi connectivity index (χ0v) is 13.0. The van der Waals surface area contributed by atoms with E-state index in [1.807, 2.05) is 53.4 Å². The molecule has 1 heterocycles. The average molecular weight is 301 g/mol. The molecule has 0 aliphatic carbocycles. The van der Waals surface area contributed by atoms with E-state index in [0.717, 1.165) is 30.3 Å². The maximum absolute atomic E-state index is 13.0. The Morgan fingerprint density at radius 1 is 0.870 bits per heavy atom. The van der Waals surface area contributed by atoms with E-state index in [2.05, 4.69) is 24.3 Å². The maximum Gasteiger partial charge on any atom is 0.254 e. The minimum absolute atomic E-state index is 0.141. The quantitative estimate of drug-likeness (QED) is 0.664. The van der Waals surface area contributed by atoms with Crippen molar-refractivity contribution in [3.63, 3.8) is 0 Å². The van der Waals surface area contributed by atoms with Crippen LogP contribution in [-0.4, -0.2) is 17.4 Å². The molecule has 1 saturated heterocycles. The highest BCUT2D eigenvalue weighted by Gasteiger charge is 2.30. The Morgan fingerprint density at radius 2 is 1.61 bits per heavy atom. The van der Waals surface area contributed by atoms with E-state index >= 15 is 0 Å². The molecule has 1 aliphatic heterocycles. The number of nitrogens with zero attached hydrogens (tertiary/aromatic N) is 1. The highest BCUT2D eigenvalue weighted by molar-refractivity contribution is 5.98. The second-order valence-corrected chi connectivity index (χ2v) is 6.13. The van der Waals surface area contributed by atoms with Gasteiger partial charge in [-0.2, -0.15) is 0 Å². The molecule has 4 rings (SSSR count). The van der Waals surface area contributed by atoms with Gasteiger partial charge in [0.15, 0.2) is 0 Å².